The summed E-state index contributed by atoms with van der Waals surface area (Å²) in [4.78, 5) is 40.3. The van der Waals surface area contributed by atoms with E-state index in [1.165, 1.54) is 0 Å². The van der Waals surface area contributed by atoms with E-state index < -0.39 is 17.4 Å². The molecule has 1 N–H and O–H groups in total. The number of piperidine rings is 1. The van der Waals surface area contributed by atoms with Crippen molar-refractivity contribution in [1.82, 2.24) is 9.80 Å². The third-order valence-corrected chi connectivity index (χ3v) is 6.30. The minimum absolute atomic E-state index is 0.0412. The standard InChI is InChI=1S/C21H22N2O4/c1-22-18(24)13-17(20(26)27)21(22)9-11-23(12-10-21)19(25)16-8-4-6-14-5-2-3-7-15(14)16/h2-8,17H,9-13H2,1H3,(H,26,27). The fraction of sp³-hybridized carbons (Fsp3) is 0.381. The molecule has 6 heteroatoms. The SMILES string of the molecule is CN1C(=O)CC(C(=O)O)C12CCN(C(=O)c1cccc3ccccc13)CC2. The second kappa shape index (κ2) is 6.37. The Hall–Kier alpha value is -2.89. The lowest BCUT2D eigenvalue weighted by atomic mass is 9.77. The van der Waals surface area contributed by atoms with Crippen LogP contribution in [-0.2, 0) is 9.59 Å². The first-order chi connectivity index (χ1) is 12.9. The maximum Gasteiger partial charge on any atom is 0.309 e. The normalized spacial score (nSPS) is 21.8. The van der Waals surface area contributed by atoms with Crippen LogP contribution in [0, 0.1) is 5.92 Å². The average Bonchev–Trinajstić information content (AvgIpc) is 2.93. The number of rotatable bonds is 2. The number of carbonyl (C=O) groups is 3. The van der Waals surface area contributed by atoms with Gasteiger partial charge in [-0.05, 0) is 29.7 Å². The van der Waals surface area contributed by atoms with Crippen LogP contribution in [0.5, 0.6) is 0 Å². The topological polar surface area (TPSA) is 77.9 Å². The van der Waals surface area contributed by atoms with E-state index in [2.05, 4.69) is 0 Å². The molecule has 140 valence electrons. The Balaban J connectivity index is 1.58. The number of hydrogen-bond acceptors (Lipinski definition) is 3. The molecule has 27 heavy (non-hydrogen) atoms. The lowest BCUT2D eigenvalue weighted by molar-refractivity contribution is -0.145. The van der Waals surface area contributed by atoms with E-state index in [9.17, 15) is 19.5 Å². The second-order valence-electron chi connectivity index (χ2n) is 7.47. The molecule has 2 saturated heterocycles. The van der Waals surface area contributed by atoms with Crippen LogP contribution >= 0.6 is 0 Å². The van der Waals surface area contributed by atoms with E-state index >= 15 is 0 Å². The molecular weight excluding hydrogens is 344 g/mol. The van der Waals surface area contributed by atoms with Crippen molar-refractivity contribution in [3.63, 3.8) is 0 Å². The van der Waals surface area contributed by atoms with Crippen molar-refractivity contribution in [1.29, 1.82) is 0 Å². The van der Waals surface area contributed by atoms with Crippen LogP contribution in [0.25, 0.3) is 10.8 Å². The molecule has 0 bridgehead atoms. The summed E-state index contributed by atoms with van der Waals surface area (Å²) in [6, 6.07) is 13.5. The van der Waals surface area contributed by atoms with Crippen molar-refractivity contribution in [2.75, 3.05) is 20.1 Å². The van der Waals surface area contributed by atoms with Gasteiger partial charge < -0.3 is 14.9 Å². The van der Waals surface area contributed by atoms with Crippen molar-refractivity contribution in [3.05, 3.63) is 48.0 Å². The molecule has 2 aliphatic rings. The summed E-state index contributed by atoms with van der Waals surface area (Å²) >= 11 is 0. The van der Waals surface area contributed by atoms with Crippen LogP contribution in [0.3, 0.4) is 0 Å². The van der Waals surface area contributed by atoms with Gasteiger partial charge in [-0.1, -0.05) is 36.4 Å². The van der Waals surface area contributed by atoms with E-state index in [1.807, 2.05) is 42.5 Å². The maximum atomic E-state index is 13.1. The van der Waals surface area contributed by atoms with Gasteiger partial charge in [-0.3, -0.25) is 14.4 Å². The van der Waals surface area contributed by atoms with Gasteiger partial charge >= 0.3 is 5.97 Å². The first kappa shape index (κ1) is 17.5. The number of amides is 2. The van der Waals surface area contributed by atoms with Crippen LogP contribution in [0.15, 0.2) is 42.5 Å². The largest absolute Gasteiger partial charge is 0.481 e. The molecule has 2 aromatic rings. The molecule has 2 amide bonds. The van der Waals surface area contributed by atoms with Crippen LogP contribution in [0.1, 0.15) is 29.6 Å². The molecule has 0 saturated carbocycles. The number of likely N-dealkylation sites (tertiary alicyclic amines) is 2. The van der Waals surface area contributed by atoms with Gasteiger partial charge in [-0.25, -0.2) is 0 Å². The van der Waals surface area contributed by atoms with E-state index in [0.717, 1.165) is 10.8 Å². The van der Waals surface area contributed by atoms with Gasteiger partial charge in [0.2, 0.25) is 5.91 Å². The van der Waals surface area contributed by atoms with Crippen LogP contribution in [0.4, 0.5) is 0 Å². The molecule has 1 atom stereocenters. The Morgan fingerprint density at radius 1 is 1.07 bits per heavy atom. The smallest absolute Gasteiger partial charge is 0.309 e. The van der Waals surface area contributed by atoms with Gasteiger partial charge in [0.25, 0.3) is 5.91 Å². The van der Waals surface area contributed by atoms with Gasteiger partial charge in [0.05, 0.1) is 11.5 Å². The molecule has 2 aromatic carbocycles. The van der Waals surface area contributed by atoms with E-state index in [-0.39, 0.29) is 18.2 Å². The highest BCUT2D eigenvalue weighted by molar-refractivity contribution is 6.07. The van der Waals surface area contributed by atoms with Crippen molar-refractivity contribution < 1.29 is 19.5 Å². The highest BCUT2D eigenvalue weighted by Gasteiger charge is 2.55. The fourth-order valence-corrected chi connectivity index (χ4v) is 4.66. The second-order valence-corrected chi connectivity index (χ2v) is 7.47. The van der Waals surface area contributed by atoms with E-state index in [1.54, 1.807) is 16.8 Å². The lowest BCUT2D eigenvalue weighted by Gasteiger charge is -2.45. The van der Waals surface area contributed by atoms with Crippen molar-refractivity contribution in [3.8, 4) is 0 Å². The fourth-order valence-electron chi connectivity index (χ4n) is 4.66. The van der Waals surface area contributed by atoms with E-state index in [4.69, 9.17) is 0 Å². The van der Waals surface area contributed by atoms with Crippen LogP contribution in [0.2, 0.25) is 0 Å². The molecule has 1 unspecified atom stereocenters. The Morgan fingerprint density at radius 3 is 2.44 bits per heavy atom. The van der Waals surface area contributed by atoms with E-state index in [0.29, 0.717) is 31.5 Å². The third-order valence-electron chi connectivity index (χ3n) is 6.30. The Bertz CT molecular complexity index is 925. The minimum Gasteiger partial charge on any atom is -0.481 e. The average molecular weight is 366 g/mol. The van der Waals surface area contributed by atoms with Gasteiger partial charge in [-0.15, -0.1) is 0 Å². The molecule has 0 radical (unpaired) electrons. The molecule has 4 rings (SSSR count). The Morgan fingerprint density at radius 2 is 1.74 bits per heavy atom. The maximum absolute atomic E-state index is 13.1. The molecule has 2 heterocycles. The quantitative estimate of drug-likeness (QED) is 0.885. The highest BCUT2D eigenvalue weighted by atomic mass is 16.4. The summed E-state index contributed by atoms with van der Waals surface area (Å²) in [5, 5.41) is 11.5. The molecule has 1 spiro atoms. The van der Waals surface area contributed by atoms with Crippen molar-refractivity contribution >= 4 is 28.6 Å². The number of hydrogen-bond donors (Lipinski definition) is 1. The number of nitrogens with zero attached hydrogens (tertiary/aromatic N) is 2. The summed E-state index contributed by atoms with van der Waals surface area (Å²) < 4.78 is 0. The summed E-state index contributed by atoms with van der Waals surface area (Å²) in [7, 11) is 1.69. The first-order valence-electron chi connectivity index (χ1n) is 9.20. The number of carboxylic acids is 1. The Labute approximate surface area is 157 Å². The first-order valence-corrected chi connectivity index (χ1v) is 9.20. The van der Waals surface area contributed by atoms with Gasteiger partial charge in [0.1, 0.15) is 0 Å². The summed E-state index contributed by atoms with van der Waals surface area (Å²) in [6.07, 6.45) is 1.02. The third kappa shape index (κ3) is 2.67. The zero-order chi connectivity index (χ0) is 19.2. The molecular formula is C21H22N2O4. The summed E-state index contributed by atoms with van der Waals surface area (Å²) in [5.74, 6) is -1.80. The minimum atomic E-state index is -0.929. The Kier molecular flexibility index (Phi) is 4.13. The molecule has 2 fully saturated rings. The van der Waals surface area contributed by atoms with Crippen molar-refractivity contribution in [2.24, 2.45) is 5.92 Å². The lowest BCUT2D eigenvalue weighted by Crippen LogP contribution is -2.56. The molecule has 2 aliphatic heterocycles. The zero-order valence-corrected chi connectivity index (χ0v) is 15.2. The summed E-state index contributed by atoms with van der Waals surface area (Å²) in [6.45, 7) is 0.896. The van der Waals surface area contributed by atoms with Crippen LogP contribution in [-0.4, -0.2) is 58.4 Å². The predicted octanol–water partition coefficient (Wildman–Crippen LogP) is 2.38. The molecule has 0 aromatic heterocycles. The monoisotopic (exact) mass is 366 g/mol. The van der Waals surface area contributed by atoms with Gasteiger partial charge in [0, 0.05) is 32.1 Å². The van der Waals surface area contributed by atoms with Gasteiger partial charge in [0.15, 0.2) is 0 Å². The molecule has 0 aliphatic carbocycles. The van der Waals surface area contributed by atoms with Gasteiger partial charge in [-0.2, -0.15) is 0 Å². The number of carboxylic acid groups (broad SMARTS) is 1. The zero-order valence-electron chi connectivity index (χ0n) is 15.2. The highest BCUT2D eigenvalue weighted by Crippen LogP contribution is 2.43. The van der Waals surface area contributed by atoms with Crippen LogP contribution < -0.4 is 0 Å². The van der Waals surface area contributed by atoms with Crippen molar-refractivity contribution in [2.45, 2.75) is 24.8 Å². The number of carbonyl (C=O) groups excluding carboxylic acids is 2. The number of benzene rings is 2. The number of aliphatic carboxylic acids is 1. The predicted molar refractivity (Wildman–Crippen MR) is 100 cm³/mol. The summed E-state index contributed by atoms with van der Waals surface area (Å²) in [5.41, 5.74) is -0.0203. The molecule has 6 nitrogen and oxygen atoms in total. The number of fused-ring (bicyclic) bond motifs is 1.